The summed E-state index contributed by atoms with van der Waals surface area (Å²) >= 11 is 0. The maximum Gasteiger partial charge on any atom is 0.336 e. The van der Waals surface area contributed by atoms with Crippen molar-refractivity contribution in [2.45, 2.75) is 44.7 Å². The summed E-state index contributed by atoms with van der Waals surface area (Å²) in [6, 6.07) is 7.21. The first kappa shape index (κ1) is 12.1. The number of nitrogens with one attached hydrogen (secondary N) is 1. The normalized spacial score (nSPS) is 17.5. The van der Waals surface area contributed by atoms with Crippen LogP contribution in [0.15, 0.2) is 24.3 Å². The number of carbonyl (C=O) groups is 1. The van der Waals surface area contributed by atoms with Crippen molar-refractivity contribution in [3.05, 3.63) is 35.4 Å². The number of hydrogen-bond acceptors (Lipinski definition) is 2. The molecule has 2 rings (SSSR count). The molecule has 3 nitrogen and oxygen atoms in total. The highest BCUT2D eigenvalue weighted by atomic mass is 16.4. The monoisotopic (exact) mass is 233 g/mol. The van der Waals surface area contributed by atoms with E-state index in [-0.39, 0.29) is 5.54 Å². The van der Waals surface area contributed by atoms with Crippen LogP contribution >= 0.6 is 0 Å². The van der Waals surface area contributed by atoms with E-state index < -0.39 is 5.97 Å². The summed E-state index contributed by atoms with van der Waals surface area (Å²) < 4.78 is 0. The minimum absolute atomic E-state index is 0.256. The Morgan fingerprint density at radius 1 is 1.41 bits per heavy atom. The highest BCUT2D eigenvalue weighted by molar-refractivity contribution is 5.89. The minimum Gasteiger partial charge on any atom is -0.478 e. The van der Waals surface area contributed by atoms with E-state index in [1.165, 1.54) is 19.3 Å². The Hall–Kier alpha value is -1.35. The van der Waals surface area contributed by atoms with Crippen LogP contribution in [-0.4, -0.2) is 16.6 Å². The second-order valence-electron chi connectivity index (χ2n) is 4.80. The number of benzene rings is 1. The van der Waals surface area contributed by atoms with Crippen LogP contribution in [0.25, 0.3) is 0 Å². The molecule has 1 aromatic rings. The van der Waals surface area contributed by atoms with Crippen molar-refractivity contribution >= 4 is 5.97 Å². The lowest BCUT2D eigenvalue weighted by Crippen LogP contribution is -2.50. The van der Waals surface area contributed by atoms with Gasteiger partial charge in [-0.2, -0.15) is 0 Å². The van der Waals surface area contributed by atoms with Crippen LogP contribution in [0.1, 0.15) is 48.5 Å². The van der Waals surface area contributed by atoms with E-state index in [0.717, 1.165) is 12.0 Å². The summed E-state index contributed by atoms with van der Waals surface area (Å²) in [7, 11) is 0. The predicted molar refractivity (Wildman–Crippen MR) is 67.1 cm³/mol. The molecule has 0 amide bonds. The molecule has 0 saturated heterocycles. The topological polar surface area (TPSA) is 49.3 Å². The van der Waals surface area contributed by atoms with Crippen LogP contribution in [0.5, 0.6) is 0 Å². The third-order valence-corrected chi connectivity index (χ3v) is 3.89. The Kier molecular flexibility index (Phi) is 3.48. The second-order valence-corrected chi connectivity index (χ2v) is 4.80. The third-order valence-electron chi connectivity index (χ3n) is 3.89. The summed E-state index contributed by atoms with van der Waals surface area (Å²) in [6.45, 7) is 2.84. The largest absolute Gasteiger partial charge is 0.478 e. The Balaban J connectivity index is 2.06. The molecular weight excluding hydrogens is 214 g/mol. The molecule has 3 heteroatoms. The van der Waals surface area contributed by atoms with E-state index in [0.29, 0.717) is 12.1 Å². The number of hydrogen-bond donors (Lipinski definition) is 2. The molecule has 1 saturated carbocycles. The molecule has 0 bridgehead atoms. The molecule has 0 aliphatic heterocycles. The van der Waals surface area contributed by atoms with Gasteiger partial charge in [-0.25, -0.2) is 4.79 Å². The van der Waals surface area contributed by atoms with E-state index in [1.54, 1.807) is 12.1 Å². The highest BCUT2D eigenvalue weighted by Crippen LogP contribution is 2.34. The van der Waals surface area contributed by atoms with Gasteiger partial charge in [0.1, 0.15) is 0 Å². The molecule has 0 heterocycles. The average Bonchev–Trinajstić information content (AvgIpc) is 2.28. The van der Waals surface area contributed by atoms with Crippen molar-refractivity contribution in [3.8, 4) is 0 Å². The van der Waals surface area contributed by atoms with Gasteiger partial charge in [0, 0.05) is 12.1 Å². The molecule has 1 aromatic carbocycles. The molecular formula is C14H19NO2. The van der Waals surface area contributed by atoms with E-state index in [4.69, 9.17) is 5.11 Å². The first-order valence-corrected chi connectivity index (χ1v) is 6.23. The summed E-state index contributed by atoms with van der Waals surface area (Å²) in [5.41, 5.74) is 1.54. The molecule has 0 unspecified atom stereocenters. The van der Waals surface area contributed by atoms with Gasteiger partial charge in [0.2, 0.25) is 0 Å². The van der Waals surface area contributed by atoms with Gasteiger partial charge in [0.15, 0.2) is 0 Å². The highest BCUT2D eigenvalue weighted by Gasteiger charge is 2.34. The number of carboxylic acids is 1. The maximum atomic E-state index is 11.1. The van der Waals surface area contributed by atoms with Crippen LogP contribution in [0.4, 0.5) is 0 Å². The zero-order valence-electron chi connectivity index (χ0n) is 10.2. The SMILES string of the molecule is CCC1(NCc2ccccc2C(=O)O)CCC1. The molecule has 1 aliphatic rings. The number of aromatic carboxylic acids is 1. The molecule has 1 aliphatic carbocycles. The summed E-state index contributed by atoms with van der Waals surface area (Å²) in [5, 5.41) is 12.6. The van der Waals surface area contributed by atoms with E-state index >= 15 is 0 Å². The Morgan fingerprint density at radius 2 is 2.12 bits per heavy atom. The first-order chi connectivity index (χ1) is 8.17. The van der Waals surface area contributed by atoms with Crippen LogP contribution in [-0.2, 0) is 6.54 Å². The lowest BCUT2D eigenvalue weighted by atomic mass is 9.75. The molecule has 0 aromatic heterocycles. The fourth-order valence-corrected chi connectivity index (χ4v) is 2.42. The van der Waals surface area contributed by atoms with Crippen molar-refractivity contribution < 1.29 is 9.90 Å². The third kappa shape index (κ3) is 2.50. The average molecular weight is 233 g/mol. The number of rotatable bonds is 5. The molecule has 0 spiro atoms. The van der Waals surface area contributed by atoms with E-state index in [2.05, 4.69) is 12.2 Å². The van der Waals surface area contributed by atoms with Crippen LogP contribution in [0, 0.1) is 0 Å². The predicted octanol–water partition coefficient (Wildman–Crippen LogP) is 2.81. The maximum absolute atomic E-state index is 11.1. The van der Waals surface area contributed by atoms with E-state index in [1.807, 2.05) is 12.1 Å². The first-order valence-electron chi connectivity index (χ1n) is 6.23. The molecule has 92 valence electrons. The lowest BCUT2D eigenvalue weighted by Gasteiger charge is -2.42. The fraction of sp³-hybridized carbons (Fsp3) is 0.500. The molecule has 2 N–H and O–H groups in total. The van der Waals surface area contributed by atoms with Crippen molar-refractivity contribution in [1.29, 1.82) is 0 Å². The van der Waals surface area contributed by atoms with Gasteiger partial charge in [-0.3, -0.25) is 0 Å². The molecule has 0 atom stereocenters. The molecule has 17 heavy (non-hydrogen) atoms. The summed E-state index contributed by atoms with van der Waals surface area (Å²) in [4.78, 5) is 11.1. The molecule has 0 radical (unpaired) electrons. The smallest absolute Gasteiger partial charge is 0.336 e. The second kappa shape index (κ2) is 4.88. The van der Waals surface area contributed by atoms with Gasteiger partial charge >= 0.3 is 5.97 Å². The lowest BCUT2D eigenvalue weighted by molar-refractivity contribution is 0.0694. The van der Waals surface area contributed by atoms with Crippen LogP contribution in [0.3, 0.4) is 0 Å². The van der Waals surface area contributed by atoms with Crippen LogP contribution in [0.2, 0.25) is 0 Å². The van der Waals surface area contributed by atoms with Gasteiger partial charge in [-0.05, 0) is 37.3 Å². The quantitative estimate of drug-likeness (QED) is 0.822. The zero-order valence-corrected chi connectivity index (χ0v) is 10.2. The van der Waals surface area contributed by atoms with Crippen molar-refractivity contribution in [2.75, 3.05) is 0 Å². The van der Waals surface area contributed by atoms with Crippen molar-refractivity contribution in [2.24, 2.45) is 0 Å². The Labute approximate surface area is 102 Å². The zero-order chi connectivity index (χ0) is 12.3. The van der Waals surface area contributed by atoms with Crippen molar-refractivity contribution in [3.63, 3.8) is 0 Å². The van der Waals surface area contributed by atoms with Gasteiger partial charge in [-0.1, -0.05) is 25.1 Å². The Morgan fingerprint density at radius 3 is 2.65 bits per heavy atom. The number of carboxylic acid groups (broad SMARTS) is 1. The van der Waals surface area contributed by atoms with Gasteiger partial charge in [0.05, 0.1) is 5.56 Å². The van der Waals surface area contributed by atoms with Crippen molar-refractivity contribution in [1.82, 2.24) is 5.32 Å². The van der Waals surface area contributed by atoms with Gasteiger partial charge in [-0.15, -0.1) is 0 Å². The van der Waals surface area contributed by atoms with Gasteiger partial charge < -0.3 is 10.4 Å². The molecule has 1 fully saturated rings. The van der Waals surface area contributed by atoms with E-state index in [9.17, 15) is 4.79 Å². The van der Waals surface area contributed by atoms with Crippen LogP contribution < -0.4 is 5.32 Å². The summed E-state index contributed by atoms with van der Waals surface area (Å²) in [6.07, 6.45) is 4.81. The summed E-state index contributed by atoms with van der Waals surface area (Å²) in [5.74, 6) is -0.846. The Bertz CT molecular complexity index is 405. The van der Waals surface area contributed by atoms with Gasteiger partial charge in [0.25, 0.3) is 0 Å². The fourth-order valence-electron chi connectivity index (χ4n) is 2.42. The minimum atomic E-state index is -0.846. The standard InChI is InChI=1S/C14H19NO2/c1-2-14(8-5-9-14)15-10-11-6-3-4-7-12(11)13(16)17/h3-4,6-7,15H,2,5,8-10H2,1H3,(H,16,17).